The molecule has 2 atom stereocenters. The highest BCUT2D eigenvalue weighted by molar-refractivity contribution is 8.19. The second-order valence-corrected chi connectivity index (χ2v) is 4.96. The molecule has 0 aromatic rings. The lowest BCUT2D eigenvalue weighted by molar-refractivity contribution is 0.941. The maximum Gasteiger partial charge on any atom is 0.0398 e. The SMILES string of the molecule is CC1SCSC1C. The van der Waals surface area contributed by atoms with Crippen molar-refractivity contribution < 1.29 is 0 Å². The average Bonchev–Trinajstić information content (AvgIpc) is 1.91. The Morgan fingerprint density at radius 1 is 1.14 bits per heavy atom. The van der Waals surface area contributed by atoms with E-state index >= 15 is 0 Å². The molecule has 0 aromatic heterocycles. The number of hydrogen-bond acceptors (Lipinski definition) is 2. The van der Waals surface area contributed by atoms with E-state index in [4.69, 9.17) is 0 Å². The monoisotopic (exact) mass is 134 g/mol. The van der Waals surface area contributed by atoms with Crippen molar-refractivity contribution in [1.82, 2.24) is 0 Å². The maximum absolute atomic E-state index is 2.30. The summed E-state index contributed by atoms with van der Waals surface area (Å²) in [6.45, 7) is 4.60. The largest absolute Gasteiger partial charge is 0.147 e. The minimum absolute atomic E-state index is 0.894. The second-order valence-electron chi connectivity index (χ2n) is 1.86. The van der Waals surface area contributed by atoms with Crippen molar-refractivity contribution in [1.29, 1.82) is 0 Å². The van der Waals surface area contributed by atoms with E-state index in [1.165, 1.54) is 5.08 Å². The number of thioether (sulfide) groups is 2. The van der Waals surface area contributed by atoms with E-state index in [1.807, 2.05) is 0 Å². The Kier molecular flexibility index (Phi) is 1.93. The molecule has 0 amide bonds. The first-order chi connectivity index (χ1) is 3.30. The molecule has 42 valence electrons. The highest BCUT2D eigenvalue weighted by Crippen LogP contribution is 2.35. The molecule has 0 saturated carbocycles. The van der Waals surface area contributed by atoms with E-state index in [1.54, 1.807) is 0 Å². The van der Waals surface area contributed by atoms with Crippen molar-refractivity contribution in [3.63, 3.8) is 0 Å². The molecule has 1 saturated heterocycles. The van der Waals surface area contributed by atoms with Crippen molar-refractivity contribution in [2.75, 3.05) is 5.08 Å². The molecule has 0 bridgehead atoms. The Labute approximate surface area is 53.4 Å². The van der Waals surface area contributed by atoms with E-state index in [2.05, 4.69) is 37.4 Å². The summed E-state index contributed by atoms with van der Waals surface area (Å²) in [5.74, 6) is 0. The van der Waals surface area contributed by atoms with Crippen molar-refractivity contribution in [2.24, 2.45) is 0 Å². The smallest absolute Gasteiger partial charge is 0.0398 e. The Morgan fingerprint density at radius 2 is 1.57 bits per heavy atom. The Balaban J connectivity index is 2.33. The summed E-state index contributed by atoms with van der Waals surface area (Å²) >= 11 is 4.14. The van der Waals surface area contributed by atoms with Gasteiger partial charge in [-0.1, -0.05) is 13.8 Å². The highest BCUT2D eigenvalue weighted by atomic mass is 32.2. The van der Waals surface area contributed by atoms with Gasteiger partial charge in [0.1, 0.15) is 0 Å². The molecule has 0 radical (unpaired) electrons. The summed E-state index contributed by atoms with van der Waals surface area (Å²) in [6.07, 6.45) is 0. The van der Waals surface area contributed by atoms with Crippen molar-refractivity contribution in [2.45, 2.75) is 24.3 Å². The molecule has 1 rings (SSSR count). The van der Waals surface area contributed by atoms with E-state index in [0.717, 1.165) is 10.5 Å². The van der Waals surface area contributed by atoms with Crippen LogP contribution in [0.2, 0.25) is 0 Å². The van der Waals surface area contributed by atoms with Gasteiger partial charge in [0.15, 0.2) is 0 Å². The van der Waals surface area contributed by atoms with Crippen LogP contribution in [0.1, 0.15) is 13.8 Å². The number of rotatable bonds is 0. The standard InChI is InChI=1S/C5H10S2/c1-4-5(2)7-3-6-4/h4-5H,3H2,1-2H3. The topological polar surface area (TPSA) is 0 Å². The quantitative estimate of drug-likeness (QED) is 0.498. The zero-order chi connectivity index (χ0) is 5.28. The fourth-order valence-corrected chi connectivity index (χ4v) is 3.57. The van der Waals surface area contributed by atoms with Crippen LogP contribution in [-0.2, 0) is 0 Å². The summed E-state index contributed by atoms with van der Waals surface area (Å²) in [5.41, 5.74) is 0. The molecule has 0 spiro atoms. The van der Waals surface area contributed by atoms with Gasteiger partial charge in [-0.15, -0.1) is 23.5 Å². The zero-order valence-corrected chi connectivity index (χ0v) is 6.31. The van der Waals surface area contributed by atoms with Gasteiger partial charge in [-0.2, -0.15) is 0 Å². The van der Waals surface area contributed by atoms with Crippen molar-refractivity contribution in [3.05, 3.63) is 0 Å². The third-order valence-corrected chi connectivity index (χ3v) is 4.45. The zero-order valence-electron chi connectivity index (χ0n) is 4.68. The molecular weight excluding hydrogens is 124 g/mol. The van der Waals surface area contributed by atoms with E-state index in [0.29, 0.717) is 0 Å². The predicted molar refractivity (Wildman–Crippen MR) is 39.0 cm³/mol. The third kappa shape index (κ3) is 1.29. The Morgan fingerprint density at radius 3 is 1.71 bits per heavy atom. The van der Waals surface area contributed by atoms with Crippen LogP contribution in [-0.4, -0.2) is 15.6 Å². The molecule has 0 aliphatic carbocycles. The van der Waals surface area contributed by atoms with E-state index in [9.17, 15) is 0 Å². The van der Waals surface area contributed by atoms with Gasteiger partial charge in [0.2, 0.25) is 0 Å². The Bertz CT molecular complexity index is 55.1. The van der Waals surface area contributed by atoms with Crippen molar-refractivity contribution in [3.8, 4) is 0 Å². The molecule has 0 N–H and O–H groups in total. The summed E-state index contributed by atoms with van der Waals surface area (Å²) < 4.78 is 0. The first kappa shape index (κ1) is 5.83. The summed E-state index contributed by atoms with van der Waals surface area (Å²) in [7, 11) is 0. The van der Waals surface area contributed by atoms with Gasteiger partial charge < -0.3 is 0 Å². The van der Waals surface area contributed by atoms with E-state index < -0.39 is 0 Å². The first-order valence-corrected chi connectivity index (χ1v) is 4.63. The molecule has 7 heavy (non-hydrogen) atoms. The fraction of sp³-hybridized carbons (Fsp3) is 1.00. The molecule has 2 unspecified atom stereocenters. The molecule has 2 heteroatoms. The van der Waals surface area contributed by atoms with Crippen LogP contribution in [0.5, 0.6) is 0 Å². The highest BCUT2D eigenvalue weighted by Gasteiger charge is 2.18. The molecule has 1 aliphatic heterocycles. The summed E-state index contributed by atoms with van der Waals surface area (Å²) in [6, 6.07) is 0. The van der Waals surface area contributed by atoms with Crippen LogP contribution >= 0.6 is 23.5 Å². The van der Waals surface area contributed by atoms with Crippen LogP contribution < -0.4 is 0 Å². The second kappa shape index (κ2) is 2.31. The summed E-state index contributed by atoms with van der Waals surface area (Å²) in [5, 5.41) is 3.09. The van der Waals surface area contributed by atoms with Gasteiger partial charge in [-0.05, 0) is 0 Å². The van der Waals surface area contributed by atoms with Gasteiger partial charge in [0, 0.05) is 15.6 Å². The molecule has 1 fully saturated rings. The minimum atomic E-state index is 0.894. The normalized spacial score (nSPS) is 42.0. The molecule has 1 heterocycles. The van der Waals surface area contributed by atoms with E-state index in [-0.39, 0.29) is 0 Å². The van der Waals surface area contributed by atoms with Gasteiger partial charge in [-0.25, -0.2) is 0 Å². The van der Waals surface area contributed by atoms with Crippen LogP contribution in [0, 0.1) is 0 Å². The van der Waals surface area contributed by atoms with Crippen LogP contribution in [0.3, 0.4) is 0 Å². The van der Waals surface area contributed by atoms with Crippen LogP contribution in [0.4, 0.5) is 0 Å². The lowest BCUT2D eigenvalue weighted by Crippen LogP contribution is -2.04. The molecule has 0 nitrogen and oxygen atoms in total. The predicted octanol–water partition coefficient (Wildman–Crippen LogP) is 2.20. The van der Waals surface area contributed by atoms with Crippen molar-refractivity contribution >= 4 is 23.5 Å². The Hall–Kier alpha value is 0.700. The molecular formula is C5H10S2. The van der Waals surface area contributed by atoms with Crippen LogP contribution in [0.25, 0.3) is 0 Å². The molecule has 0 aromatic carbocycles. The van der Waals surface area contributed by atoms with Gasteiger partial charge >= 0.3 is 0 Å². The van der Waals surface area contributed by atoms with Gasteiger partial charge in [-0.3, -0.25) is 0 Å². The lowest BCUT2D eigenvalue weighted by Gasteiger charge is -2.02. The third-order valence-electron chi connectivity index (χ3n) is 1.32. The summed E-state index contributed by atoms with van der Waals surface area (Å²) in [4.78, 5) is 0. The van der Waals surface area contributed by atoms with Gasteiger partial charge in [0.25, 0.3) is 0 Å². The lowest BCUT2D eigenvalue weighted by atomic mass is 10.4. The van der Waals surface area contributed by atoms with Gasteiger partial charge in [0.05, 0.1) is 0 Å². The first-order valence-electron chi connectivity index (χ1n) is 2.54. The average molecular weight is 134 g/mol. The number of hydrogen-bond donors (Lipinski definition) is 0. The minimum Gasteiger partial charge on any atom is -0.147 e. The fourth-order valence-electron chi connectivity index (χ4n) is 0.525. The maximum atomic E-state index is 2.30. The van der Waals surface area contributed by atoms with Crippen LogP contribution in [0.15, 0.2) is 0 Å². The molecule has 1 aliphatic rings.